The second-order valence-corrected chi connectivity index (χ2v) is 8.14. The highest BCUT2D eigenvalue weighted by Crippen LogP contribution is 2.30. The van der Waals surface area contributed by atoms with Gasteiger partial charge >= 0.3 is 6.09 Å². The number of hydrogen-bond acceptors (Lipinski definition) is 7. The number of likely N-dealkylation sites (N-methyl/N-ethyl adjacent to an activating group) is 1. The Hall–Kier alpha value is -2.94. The van der Waals surface area contributed by atoms with Gasteiger partial charge in [-0.2, -0.15) is 4.98 Å². The molecule has 2 aromatic rings. The normalized spacial score (nSPS) is 19.6. The van der Waals surface area contributed by atoms with Crippen LogP contribution in [-0.4, -0.2) is 60.2 Å². The van der Waals surface area contributed by atoms with Crippen molar-refractivity contribution in [1.29, 1.82) is 0 Å². The van der Waals surface area contributed by atoms with Crippen molar-refractivity contribution in [2.24, 2.45) is 0 Å². The molecule has 0 unspecified atom stereocenters. The second kappa shape index (κ2) is 9.47. The molecule has 2 aliphatic heterocycles. The molecule has 4 rings (SSSR count). The molecule has 0 radical (unpaired) electrons. The Morgan fingerprint density at radius 2 is 2.00 bits per heavy atom. The zero-order valence-corrected chi connectivity index (χ0v) is 17.8. The van der Waals surface area contributed by atoms with Gasteiger partial charge in [-0.1, -0.05) is 18.2 Å². The molecule has 0 spiro atoms. The lowest BCUT2D eigenvalue weighted by Gasteiger charge is -2.31. The van der Waals surface area contributed by atoms with Gasteiger partial charge in [0.2, 0.25) is 5.95 Å². The predicted octanol–water partition coefficient (Wildman–Crippen LogP) is 2.51. The van der Waals surface area contributed by atoms with Crippen LogP contribution in [0.5, 0.6) is 0 Å². The van der Waals surface area contributed by atoms with E-state index in [0.29, 0.717) is 24.7 Å². The number of nitrogens with zero attached hydrogens (tertiary/aromatic N) is 4. The lowest BCUT2D eigenvalue weighted by molar-refractivity contribution is 0.0860. The molecule has 31 heavy (non-hydrogen) atoms. The molecule has 8 nitrogen and oxygen atoms in total. The van der Waals surface area contributed by atoms with Crippen molar-refractivity contribution >= 4 is 17.9 Å². The van der Waals surface area contributed by atoms with Crippen molar-refractivity contribution in [2.45, 2.75) is 37.8 Å². The lowest BCUT2D eigenvalue weighted by atomic mass is 9.93. The van der Waals surface area contributed by atoms with Crippen LogP contribution < -0.4 is 16.0 Å². The van der Waals surface area contributed by atoms with Crippen molar-refractivity contribution < 1.29 is 13.9 Å². The van der Waals surface area contributed by atoms with Crippen molar-refractivity contribution in [3.05, 3.63) is 47.4 Å². The molecule has 1 atom stereocenters. The Kier molecular flexibility index (Phi) is 6.50. The minimum absolute atomic E-state index is 0.0688. The SMILES string of the molecule is CN[C@@H]1CCN(c2cc(C3CCN(C(=O)OCc4ccccc4F)CC3)nc(N)n2)C1. The van der Waals surface area contributed by atoms with Gasteiger partial charge in [0, 0.05) is 49.8 Å². The van der Waals surface area contributed by atoms with Gasteiger partial charge in [0.15, 0.2) is 0 Å². The topological polar surface area (TPSA) is 96.6 Å². The molecule has 0 saturated carbocycles. The average Bonchev–Trinajstić information content (AvgIpc) is 3.27. The molecule has 0 aliphatic carbocycles. The molecule has 3 heterocycles. The molecule has 0 bridgehead atoms. The van der Waals surface area contributed by atoms with E-state index in [1.165, 1.54) is 6.07 Å². The van der Waals surface area contributed by atoms with Crippen LogP contribution in [0.15, 0.2) is 30.3 Å². The number of benzene rings is 1. The summed E-state index contributed by atoms with van der Waals surface area (Å²) in [6, 6.07) is 8.80. The first-order chi connectivity index (χ1) is 15.0. The molecule has 1 aromatic carbocycles. The summed E-state index contributed by atoms with van der Waals surface area (Å²) in [5.41, 5.74) is 7.30. The summed E-state index contributed by atoms with van der Waals surface area (Å²) in [5, 5.41) is 3.31. The molecule has 2 fully saturated rings. The molecular formula is C22H29FN6O2. The third kappa shape index (κ3) is 5.04. The Bertz CT molecular complexity index is 919. The summed E-state index contributed by atoms with van der Waals surface area (Å²) < 4.78 is 19.0. The smallest absolute Gasteiger partial charge is 0.410 e. The van der Waals surface area contributed by atoms with E-state index >= 15 is 0 Å². The van der Waals surface area contributed by atoms with Crippen molar-refractivity contribution in [3.63, 3.8) is 0 Å². The Balaban J connectivity index is 1.33. The minimum Gasteiger partial charge on any atom is -0.444 e. The summed E-state index contributed by atoms with van der Waals surface area (Å²) in [6.45, 7) is 2.89. The van der Waals surface area contributed by atoms with E-state index in [2.05, 4.69) is 20.2 Å². The lowest BCUT2D eigenvalue weighted by Crippen LogP contribution is -2.38. The summed E-state index contributed by atoms with van der Waals surface area (Å²) >= 11 is 0. The predicted molar refractivity (Wildman–Crippen MR) is 116 cm³/mol. The van der Waals surface area contributed by atoms with Gasteiger partial charge in [0.25, 0.3) is 0 Å². The van der Waals surface area contributed by atoms with E-state index in [4.69, 9.17) is 10.5 Å². The number of nitrogens with one attached hydrogen (secondary N) is 1. The first-order valence-electron chi connectivity index (χ1n) is 10.7. The summed E-state index contributed by atoms with van der Waals surface area (Å²) in [4.78, 5) is 25.2. The van der Waals surface area contributed by atoms with Crippen LogP contribution in [0.4, 0.5) is 21.0 Å². The summed E-state index contributed by atoms with van der Waals surface area (Å²) in [6.07, 6.45) is 2.19. The van der Waals surface area contributed by atoms with E-state index < -0.39 is 6.09 Å². The van der Waals surface area contributed by atoms with Crippen LogP contribution >= 0.6 is 0 Å². The second-order valence-electron chi connectivity index (χ2n) is 8.14. The van der Waals surface area contributed by atoms with Crippen LogP contribution in [0, 0.1) is 5.82 Å². The highest BCUT2D eigenvalue weighted by atomic mass is 19.1. The third-order valence-electron chi connectivity index (χ3n) is 6.15. The van der Waals surface area contributed by atoms with Gasteiger partial charge in [0.05, 0.1) is 5.69 Å². The number of piperidine rings is 1. The first kappa shape index (κ1) is 21.3. The monoisotopic (exact) mass is 428 g/mol. The van der Waals surface area contributed by atoms with Gasteiger partial charge < -0.3 is 25.6 Å². The molecular weight excluding hydrogens is 399 g/mol. The molecule has 2 saturated heterocycles. The number of hydrogen-bond donors (Lipinski definition) is 2. The molecule has 9 heteroatoms. The number of carbonyl (C=O) groups is 1. The van der Waals surface area contributed by atoms with Crippen LogP contribution in [-0.2, 0) is 11.3 Å². The maximum atomic E-state index is 13.7. The zero-order chi connectivity index (χ0) is 21.8. The van der Waals surface area contributed by atoms with Crippen LogP contribution in [0.3, 0.4) is 0 Å². The number of nitrogens with two attached hydrogens (primary N) is 1. The number of likely N-dealkylation sites (tertiary alicyclic amines) is 1. The van der Waals surface area contributed by atoms with E-state index in [0.717, 1.165) is 43.9 Å². The average molecular weight is 429 g/mol. The fourth-order valence-corrected chi connectivity index (χ4v) is 4.25. The first-order valence-corrected chi connectivity index (χ1v) is 10.7. The highest BCUT2D eigenvalue weighted by molar-refractivity contribution is 5.67. The molecule has 166 valence electrons. The van der Waals surface area contributed by atoms with Crippen molar-refractivity contribution in [2.75, 3.05) is 43.9 Å². The molecule has 2 aliphatic rings. The zero-order valence-electron chi connectivity index (χ0n) is 17.8. The van der Waals surface area contributed by atoms with E-state index in [1.807, 2.05) is 13.1 Å². The van der Waals surface area contributed by atoms with Gasteiger partial charge in [-0.3, -0.25) is 0 Å². The number of amides is 1. The Morgan fingerprint density at radius 1 is 1.23 bits per heavy atom. The van der Waals surface area contributed by atoms with Crippen LogP contribution in [0.2, 0.25) is 0 Å². The number of ether oxygens (including phenoxy) is 1. The van der Waals surface area contributed by atoms with Gasteiger partial charge in [-0.05, 0) is 32.4 Å². The fourth-order valence-electron chi connectivity index (χ4n) is 4.25. The number of carbonyl (C=O) groups excluding carboxylic acids is 1. The summed E-state index contributed by atoms with van der Waals surface area (Å²) in [5.74, 6) is 0.992. The minimum atomic E-state index is -0.417. The maximum absolute atomic E-state index is 13.7. The summed E-state index contributed by atoms with van der Waals surface area (Å²) in [7, 11) is 1.98. The molecule has 1 amide bonds. The largest absolute Gasteiger partial charge is 0.444 e. The number of anilines is 2. The van der Waals surface area contributed by atoms with Gasteiger partial charge in [-0.25, -0.2) is 14.2 Å². The van der Waals surface area contributed by atoms with Gasteiger partial charge in [0.1, 0.15) is 18.2 Å². The van der Waals surface area contributed by atoms with Gasteiger partial charge in [-0.15, -0.1) is 0 Å². The maximum Gasteiger partial charge on any atom is 0.410 e. The standard InChI is InChI=1S/C22H29FN6O2/c1-25-17-8-11-29(13-17)20-12-19(26-21(24)27-20)15-6-9-28(10-7-15)22(30)31-14-16-4-2-3-5-18(16)23/h2-5,12,15,17,25H,6-11,13-14H2,1H3,(H2,24,26,27)/t17-/m1/s1. The highest BCUT2D eigenvalue weighted by Gasteiger charge is 2.28. The number of aromatic nitrogens is 2. The molecule has 3 N–H and O–H groups in total. The fraction of sp³-hybridized carbons (Fsp3) is 0.500. The van der Waals surface area contributed by atoms with Crippen LogP contribution in [0.1, 0.15) is 36.4 Å². The van der Waals surface area contributed by atoms with Crippen molar-refractivity contribution in [3.8, 4) is 0 Å². The number of halogens is 1. The molecule has 1 aromatic heterocycles. The van der Waals surface area contributed by atoms with Crippen LogP contribution in [0.25, 0.3) is 0 Å². The number of nitrogen functional groups attached to an aromatic ring is 1. The quantitative estimate of drug-likeness (QED) is 0.755. The van der Waals surface area contributed by atoms with E-state index in [-0.39, 0.29) is 24.3 Å². The Labute approximate surface area is 181 Å². The van der Waals surface area contributed by atoms with E-state index in [9.17, 15) is 9.18 Å². The van der Waals surface area contributed by atoms with E-state index in [1.54, 1.807) is 23.1 Å². The Morgan fingerprint density at radius 3 is 2.71 bits per heavy atom. The van der Waals surface area contributed by atoms with Crippen molar-refractivity contribution in [1.82, 2.24) is 20.2 Å². The number of rotatable bonds is 5. The third-order valence-corrected chi connectivity index (χ3v) is 6.15.